The third-order valence-corrected chi connectivity index (χ3v) is 3.60. The minimum Gasteiger partial charge on any atom is -0.497 e. The molecule has 0 amide bonds. The lowest BCUT2D eigenvalue weighted by molar-refractivity contribution is 0.0598. The molecule has 0 saturated carbocycles. The Hall–Kier alpha value is -1.82. The van der Waals surface area contributed by atoms with Crippen LogP contribution in [-0.2, 0) is 11.3 Å². The minimum absolute atomic E-state index is 0.393. The summed E-state index contributed by atoms with van der Waals surface area (Å²) in [6.07, 6.45) is 0. The molecule has 5 nitrogen and oxygen atoms in total. The first-order valence-electron chi connectivity index (χ1n) is 6.01. The average Bonchev–Trinajstić information content (AvgIpc) is 2.73. The van der Waals surface area contributed by atoms with Crippen LogP contribution in [0.1, 0.15) is 21.6 Å². The zero-order valence-corrected chi connectivity index (χ0v) is 13.1. The molecule has 0 spiro atoms. The second kappa shape index (κ2) is 6.09. The predicted molar refractivity (Wildman–Crippen MR) is 78.1 cm³/mol. The highest BCUT2D eigenvalue weighted by atomic mass is 79.9. The Kier molecular flexibility index (Phi) is 4.44. The molecule has 2 aromatic rings. The van der Waals surface area contributed by atoms with Crippen LogP contribution in [-0.4, -0.2) is 30.0 Å². The van der Waals surface area contributed by atoms with E-state index in [1.165, 1.54) is 7.11 Å². The number of halogens is 1. The molecule has 1 heterocycles. The lowest BCUT2D eigenvalue weighted by Crippen LogP contribution is -2.07. The van der Waals surface area contributed by atoms with Crippen molar-refractivity contribution in [2.24, 2.45) is 0 Å². The summed E-state index contributed by atoms with van der Waals surface area (Å²) in [5, 5.41) is 4.32. The fourth-order valence-electron chi connectivity index (χ4n) is 1.90. The average molecular weight is 339 g/mol. The number of rotatable bonds is 4. The van der Waals surface area contributed by atoms with Crippen molar-refractivity contribution >= 4 is 21.9 Å². The van der Waals surface area contributed by atoms with Crippen molar-refractivity contribution in [2.45, 2.75) is 13.5 Å². The number of nitrogens with zero attached hydrogens (tertiary/aromatic N) is 2. The summed E-state index contributed by atoms with van der Waals surface area (Å²) in [6, 6.07) is 7.71. The van der Waals surface area contributed by atoms with E-state index in [0.29, 0.717) is 16.7 Å². The van der Waals surface area contributed by atoms with Gasteiger partial charge in [0.05, 0.1) is 26.5 Å². The molecule has 106 valence electrons. The van der Waals surface area contributed by atoms with Crippen molar-refractivity contribution in [3.05, 3.63) is 45.7 Å². The Labute approximate surface area is 125 Å². The number of aromatic nitrogens is 2. The maximum atomic E-state index is 11.7. The predicted octanol–water partition coefficient (Wildman–Crippen LogP) is 2.80. The van der Waals surface area contributed by atoms with Gasteiger partial charge in [0, 0.05) is 0 Å². The highest BCUT2D eigenvalue weighted by molar-refractivity contribution is 9.10. The van der Waals surface area contributed by atoms with Crippen molar-refractivity contribution in [1.82, 2.24) is 9.78 Å². The first kappa shape index (κ1) is 14.6. The highest BCUT2D eigenvalue weighted by Gasteiger charge is 2.20. The Morgan fingerprint density at radius 3 is 2.50 bits per heavy atom. The van der Waals surface area contributed by atoms with E-state index in [0.717, 1.165) is 17.0 Å². The first-order chi connectivity index (χ1) is 9.56. The maximum absolute atomic E-state index is 11.7. The van der Waals surface area contributed by atoms with Gasteiger partial charge in [0.15, 0.2) is 0 Å². The lowest BCUT2D eigenvalue weighted by Gasteiger charge is -2.06. The molecule has 1 aromatic carbocycles. The lowest BCUT2D eigenvalue weighted by atomic mass is 10.2. The van der Waals surface area contributed by atoms with E-state index in [1.54, 1.807) is 11.8 Å². The molecule has 0 aliphatic heterocycles. The summed E-state index contributed by atoms with van der Waals surface area (Å²) in [5.74, 6) is 0.415. The number of esters is 1. The fraction of sp³-hybridized carbons (Fsp3) is 0.286. The molecule has 0 bridgehead atoms. The van der Waals surface area contributed by atoms with Gasteiger partial charge in [-0.3, -0.25) is 4.68 Å². The molecule has 0 saturated heterocycles. The number of methoxy groups -OCH3 is 2. The first-order valence-corrected chi connectivity index (χ1v) is 6.80. The van der Waals surface area contributed by atoms with Gasteiger partial charge in [0.25, 0.3) is 0 Å². The van der Waals surface area contributed by atoms with Crippen LogP contribution in [0.15, 0.2) is 28.9 Å². The Balaban J connectivity index is 2.27. The van der Waals surface area contributed by atoms with Crippen molar-refractivity contribution in [3.63, 3.8) is 0 Å². The van der Waals surface area contributed by atoms with Crippen LogP contribution in [0.5, 0.6) is 5.75 Å². The zero-order chi connectivity index (χ0) is 14.7. The Bertz CT molecular complexity index is 620. The third kappa shape index (κ3) is 2.85. The molecule has 0 fully saturated rings. The second-order valence-electron chi connectivity index (χ2n) is 4.25. The van der Waals surface area contributed by atoms with Crippen LogP contribution in [0.3, 0.4) is 0 Å². The molecule has 0 aliphatic rings. The van der Waals surface area contributed by atoms with Crippen LogP contribution < -0.4 is 4.74 Å². The van der Waals surface area contributed by atoms with E-state index in [2.05, 4.69) is 21.0 Å². The molecule has 2 rings (SSSR count). The van der Waals surface area contributed by atoms with Gasteiger partial charge < -0.3 is 9.47 Å². The number of hydrogen-bond donors (Lipinski definition) is 0. The smallest absolute Gasteiger partial charge is 0.342 e. The molecular formula is C14H15BrN2O3. The van der Waals surface area contributed by atoms with Crippen molar-refractivity contribution in [3.8, 4) is 5.75 Å². The zero-order valence-electron chi connectivity index (χ0n) is 11.5. The van der Waals surface area contributed by atoms with Crippen LogP contribution in [0.4, 0.5) is 0 Å². The highest BCUT2D eigenvalue weighted by Crippen LogP contribution is 2.21. The van der Waals surface area contributed by atoms with E-state index >= 15 is 0 Å². The number of carbonyl (C=O) groups is 1. The number of benzene rings is 1. The minimum atomic E-state index is -0.393. The summed E-state index contributed by atoms with van der Waals surface area (Å²) in [6.45, 7) is 2.42. The van der Waals surface area contributed by atoms with Gasteiger partial charge in [0.2, 0.25) is 0 Å². The molecule has 0 N–H and O–H groups in total. The summed E-state index contributed by atoms with van der Waals surface area (Å²) >= 11 is 3.29. The summed E-state index contributed by atoms with van der Waals surface area (Å²) in [4.78, 5) is 11.7. The van der Waals surface area contributed by atoms with Gasteiger partial charge in [-0.15, -0.1) is 0 Å². The van der Waals surface area contributed by atoms with Gasteiger partial charge in [-0.1, -0.05) is 12.1 Å². The maximum Gasteiger partial charge on any atom is 0.342 e. The van der Waals surface area contributed by atoms with Crippen LogP contribution in [0.25, 0.3) is 0 Å². The van der Waals surface area contributed by atoms with Crippen LogP contribution in [0.2, 0.25) is 0 Å². The van der Waals surface area contributed by atoms with E-state index in [9.17, 15) is 4.79 Å². The molecule has 1 aromatic heterocycles. The second-order valence-corrected chi connectivity index (χ2v) is 5.00. The molecule has 6 heteroatoms. The molecule has 0 atom stereocenters. The Morgan fingerprint density at radius 2 is 1.95 bits per heavy atom. The SMILES string of the molecule is COC(=O)c1c(Br)nn(Cc2ccc(OC)cc2)c1C. The van der Waals surface area contributed by atoms with Crippen LogP contribution in [0, 0.1) is 6.92 Å². The Morgan fingerprint density at radius 1 is 1.30 bits per heavy atom. The van der Waals surface area contributed by atoms with E-state index < -0.39 is 5.97 Å². The van der Waals surface area contributed by atoms with Crippen molar-refractivity contribution < 1.29 is 14.3 Å². The summed E-state index contributed by atoms with van der Waals surface area (Å²) in [5.41, 5.74) is 2.29. The van der Waals surface area contributed by atoms with E-state index in [-0.39, 0.29) is 0 Å². The van der Waals surface area contributed by atoms with Crippen molar-refractivity contribution in [2.75, 3.05) is 14.2 Å². The van der Waals surface area contributed by atoms with E-state index in [1.807, 2.05) is 31.2 Å². The monoisotopic (exact) mass is 338 g/mol. The molecule has 0 aliphatic carbocycles. The van der Waals surface area contributed by atoms with Gasteiger partial charge in [0.1, 0.15) is 15.9 Å². The molecule has 20 heavy (non-hydrogen) atoms. The molecule has 0 unspecified atom stereocenters. The quantitative estimate of drug-likeness (QED) is 0.804. The standard InChI is InChI=1S/C14H15BrN2O3/c1-9-12(14(18)20-3)13(15)16-17(9)8-10-4-6-11(19-2)7-5-10/h4-7H,8H2,1-3H3. The topological polar surface area (TPSA) is 53.3 Å². The number of ether oxygens (including phenoxy) is 2. The van der Waals surface area contributed by atoms with E-state index in [4.69, 9.17) is 9.47 Å². The summed E-state index contributed by atoms with van der Waals surface area (Å²) < 4.78 is 12.1. The summed E-state index contributed by atoms with van der Waals surface area (Å²) in [7, 11) is 2.99. The largest absolute Gasteiger partial charge is 0.497 e. The van der Waals surface area contributed by atoms with Gasteiger partial charge in [-0.25, -0.2) is 4.79 Å². The third-order valence-electron chi connectivity index (χ3n) is 3.04. The molecular weight excluding hydrogens is 324 g/mol. The number of carbonyl (C=O) groups excluding carboxylic acids is 1. The molecule has 0 radical (unpaired) electrons. The van der Waals surface area contributed by atoms with Crippen molar-refractivity contribution in [1.29, 1.82) is 0 Å². The van der Waals surface area contributed by atoms with Gasteiger partial charge in [-0.2, -0.15) is 5.10 Å². The van der Waals surface area contributed by atoms with Crippen LogP contribution >= 0.6 is 15.9 Å². The normalized spacial score (nSPS) is 10.4. The fourth-order valence-corrected chi connectivity index (χ4v) is 2.54. The number of hydrogen-bond acceptors (Lipinski definition) is 4. The van der Waals surface area contributed by atoms with Gasteiger partial charge >= 0.3 is 5.97 Å². The van der Waals surface area contributed by atoms with Gasteiger partial charge in [-0.05, 0) is 40.5 Å².